The summed E-state index contributed by atoms with van der Waals surface area (Å²) < 4.78 is 0. The minimum Gasteiger partial charge on any atom is -0.481 e. The Morgan fingerprint density at radius 2 is 2.09 bits per heavy atom. The van der Waals surface area contributed by atoms with Crippen molar-refractivity contribution in [1.29, 1.82) is 0 Å². The second-order valence-corrected chi connectivity index (χ2v) is 6.22. The van der Waals surface area contributed by atoms with Crippen LogP contribution in [-0.4, -0.2) is 27.4 Å². The van der Waals surface area contributed by atoms with Crippen LogP contribution in [0.3, 0.4) is 0 Å². The number of amides is 1. The van der Waals surface area contributed by atoms with Gasteiger partial charge in [-0.15, -0.1) is 0 Å². The van der Waals surface area contributed by atoms with E-state index < -0.39 is 28.3 Å². The van der Waals surface area contributed by atoms with Crippen LogP contribution in [0.5, 0.6) is 0 Å². The van der Waals surface area contributed by atoms with E-state index in [-0.39, 0.29) is 16.8 Å². The molecule has 1 aromatic rings. The maximum atomic E-state index is 12.6. The summed E-state index contributed by atoms with van der Waals surface area (Å²) in [7, 11) is 0. The molecule has 0 radical (unpaired) electrons. The van der Waals surface area contributed by atoms with Crippen LogP contribution in [0.2, 0.25) is 0 Å². The molecule has 7 heteroatoms. The number of carboxylic acid groups (broad SMARTS) is 1. The smallest absolute Gasteiger partial charge is 0.308 e. The Hall–Kier alpha value is -2.44. The van der Waals surface area contributed by atoms with E-state index in [0.717, 1.165) is 12.8 Å². The number of nitro benzene ring substituents is 1. The second-order valence-electron chi connectivity index (χ2n) is 6.22. The Labute approximate surface area is 133 Å². The number of carboxylic acids is 1. The van der Waals surface area contributed by atoms with E-state index in [0.29, 0.717) is 12.8 Å². The molecule has 0 saturated heterocycles. The summed E-state index contributed by atoms with van der Waals surface area (Å²) in [4.78, 5) is 34.5. The van der Waals surface area contributed by atoms with Crippen LogP contribution >= 0.6 is 0 Å². The summed E-state index contributed by atoms with van der Waals surface area (Å²) in [5, 5.41) is 23.2. The lowest BCUT2D eigenvalue weighted by atomic mass is 9.73. The van der Waals surface area contributed by atoms with Gasteiger partial charge in [0.2, 0.25) is 0 Å². The van der Waals surface area contributed by atoms with Crippen molar-refractivity contribution in [3.05, 3.63) is 39.4 Å². The van der Waals surface area contributed by atoms with Crippen molar-refractivity contribution in [3.63, 3.8) is 0 Å². The predicted molar refractivity (Wildman–Crippen MR) is 83.3 cm³/mol. The number of hydrogen-bond donors (Lipinski definition) is 2. The fraction of sp³-hybridized carbons (Fsp3) is 0.500. The highest BCUT2D eigenvalue weighted by Gasteiger charge is 2.42. The highest BCUT2D eigenvalue weighted by Crippen LogP contribution is 2.34. The zero-order chi connectivity index (χ0) is 17.2. The van der Waals surface area contributed by atoms with Gasteiger partial charge in [0.15, 0.2) is 0 Å². The van der Waals surface area contributed by atoms with Gasteiger partial charge < -0.3 is 10.4 Å². The van der Waals surface area contributed by atoms with Gasteiger partial charge in [-0.1, -0.05) is 18.9 Å². The highest BCUT2D eigenvalue weighted by molar-refractivity contribution is 5.97. The van der Waals surface area contributed by atoms with E-state index in [1.54, 1.807) is 6.92 Å². The molecule has 2 atom stereocenters. The molecule has 1 saturated carbocycles. The average molecular weight is 320 g/mol. The number of nitrogens with one attached hydrogen (secondary N) is 1. The van der Waals surface area contributed by atoms with E-state index in [2.05, 4.69) is 5.32 Å². The molecule has 1 amide bonds. The Morgan fingerprint density at radius 1 is 1.39 bits per heavy atom. The zero-order valence-electron chi connectivity index (χ0n) is 13.2. The lowest BCUT2D eigenvalue weighted by Crippen LogP contribution is -2.55. The molecule has 2 unspecified atom stereocenters. The van der Waals surface area contributed by atoms with E-state index in [9.17, 15) is 24.8 Å². The molecule has 124 valence electrons. The van der Waals surface area contributed by atoms with Gasteiger partial charge >= 0.3 is 5.97 Å². The SMILES string of the molecule is Cc1c(C(=O)NC2(C)CCCCC2C(=O)O)cccc1[N+](=O)[O-]. The van der Waals surface area contributed by atoms with Crippen molar-refractivity contribution < 1.29 is 19.6 Å². The topological polar surface area (TPSA) is 110 Å². The number of hydrogen-bond acceptors (Lipinski definition) is 4. The summed E-state index contributed by atoms with van der Waals surface area (Å²) in [6.07, 6.45) is 2.75. The van der Waals surface area contributed by atoms with Crippen molar-refractivity contribution in [3.8, 4) is 0 Å². The van der Waals surface area contributed by atoms with Gasteiger partial charge in [0, 0.05) is 17.2 Å². The van der Waals surface area contributed by atoms with Gasteiger partial charge in [0.25, 0.3) is 11.6 Å². The van der Waals surface area contributed by atoms with Crippen molar-refractivity contribution in [2.45, 2.75) is 45.1 Å². The molecule has 0 bridgehead atoms. The fourth-order valence-corrected chi connectivity index (χ4v) is 3.27. The minimum absolute atomic E-state index is 0.124. The highest BCUT2D eigenvalue weighted by atomic mass is 16.6. The molecule has 0 heterocycles. The summed E-state index contributed by atoms with van der Waals surface area (Å²) in [5.74, 6) is -2.05. The number of carbonyl (C=O) groups is 2. The van der Waals surface area contributed by atoms with Crippen LogP contribution in [0.1, 0.15) is 48.5 Å². The molecule has 1 aliphatic carbocycles. The zero-order valence-corrected chi connectivity index (χ0v) is 13.2. The van der Waals surface area contributed by atoms with E-state index in [1.807, 2.05) is 0 Å². The number of nitro groups is 1. The van der Waals surface area contributed by atoms with Crippen LogP contribution in [0.4, 0.5) is 5.69 Å². The average Bonchev–Trinajstić information content (AvgIpc) is 2.46. The normalized spacial score (nSPS) is 24.0. The van der Waals surface area contributed by atoms with Crippen molar-refractivity contribution >= 4 is 17.6 Å². The summed E-state index contributed by atoms with van der Waals surface area (Å²) in [6, 6.07) is 4.31. The lowest BCUT2D eigenvalue weighted by Gasteiger charge is -2.39. The van der Waals surface area contributed by atoms with Crippen molar-refractivity contribution in [1.82, 2.24) is 5.32 Å². The number of rotatable bonds is 4. The molecule has 1 fully saturated rings. The Morgan fingerprint density at radius 3 is 2.70 bits per heavy atom. The maximum Gasteiger partial charge on any atom is 0.308 e. The molecule has 1 aliphatic rings. The lowest BCUT2D eigenvalue weighted by molar-refractivity contribution is -0.385. The molecule has 0 aliphatic heterocycles. The quantitative estimate of drug-likeness (QED) is 0.654. The largest absolute Gasteiger partial charge is 0.481 e. The molecule has 0 spiro atoms. The number of nitrogens with zero attached hydrogens (tertiary/aromatic N) is 1. The summed E-state index contributed by atoms with van der Waals surface area (Å²) >= 11 is 0. The molecule has 23 heavy (non-hydrogen) atoms. The van der Waals surface area contributed by atoms with Crippen LogP contribution in [-0.2, 0) is 4.79 Å². The first-order chi connectivity index (χ1) is 10.8. The van der Waals surface area contributed by atoms with Gasteiger partial charge in [-0.25, -0.2) is 0 Å². The molecule has 7 nitrogen and oxygen atoms in total. The standard InChI is InChI=1S/C16H20N2O5/c1-10-11(6-5-8-13(10)18(22)23)14(19)17-16(2)9-4-3-7-12(16)15(20)21/h5-6,8,12H,3-4,7,9H2,1-2H3,(H,17,19)(H,20,21). The number of benzene rings is 1. The van der Waals surface area contributed by atoms with Crippen molar-refractivity contribution in [2.24, 2.45) is 5.92 Å². The van der Waals surface area contributed by atoms with Gasteiger partial charge in [-0.2, -0.15) is 0 Å². The third-order valence-corrected chi connectivity index (χ3v) is 4.65. The van der Waals surface area contributed by atoms with Gasteiger partial charge in [0.05, 0.1) is 16.4 Å². The number of aliphatic carboxylic acids is 1. The van der Waals surface area contributed by atoms with E-state index in [1.165, 1.54) is 25.1 Å². The summed E-state index contributed by atoms with van der Waals surface area (Å²) in [6.45, 7) is 3.25. The monoisotopic (exact) mass is 320 g/mol. The summed E-state index contributed by atoms with van der Waals surface area (Å²) in [5.41, 5.74) is -0.490. The second kappa shape index (κ2) is 6.36. The molecule has 2 rings (SSSR count). The Bertz CT molecular complexity index is 658. The predicted octanol–water partition coefficient (Wildman–Crippen LogP) is 2.67. The van der Waals surface area contributed by atoms with Crippen LogP contribution in [0.15, 0.2) is 18.2 Å². The third kappa shape index (κ3) is 3.33. The van der Waals surface area contributed by atoms with Crippen molar-refractivity contribution in [2.75, 3.05) is 0 Å². The number of carbonyl (C=O) groups excluding carboxylic acids is 1. The first-order valence-electron chi connectivity index (χ1n) is 7.55. The fourth-order valence-electron chi connectivity index (χ4n) is 3.27. The van der Waals surface area contributed by atoms with Crippen LogP contribution in [0.25, 0.3) is 0 Å². The van der Waals surface area contributed by atoms with Crippen LogP contribution < -0.4 is 5.32 Å². The van der Waals surface area contributed by atoms with E-state index in [4.69, 9.17) is 0 Å². The van der Waals surface area contributed by atoms with Gasteiger partial charge in [0.1, 0.15) is 0 Å². The Balaban J connectivity index is 2.29. The van der Waals surface area contributed by atoms with Gasteiger partial charge in [-0.3, -0.25) is 19.7 Å². The van der Waals surface area contributed by atoms with E-state index >= 15 is 0 Å². The molecule has 0 aromatic heterocycles. The van der Waals surface area contributed by atoms with Gasteiger partial charge in [-0.05, 0) is 32.8 Å². The molecule has 2 N–H and O–H groups in total. The molecular formula is C16H20N2O5. The first-order valence-corrected chi connectivity index (χ1v) is 7.55. The maximum absolute atomic E-state index is 12.6. The molecule has 1 aromatic carbocycles. The first kappa shape index (κ1) is 16.9. The third-order valence-electron chi connectivity index (χ3n) is 4.65. The molecular weight excluding hydrogens is 300 g/mol. The Kier molecular flexibility index (Phi) is 4.68. The minimum atomic E-state index is -0.928. The van der Waals surface area contributed by atoms with Crippen LogP contribution in [0, 0.1) is 23.0 Å².